The summed E-state index contributed by atoms with van der Waals surface area (Å²) in [4.78, 5) is 14.9. The first kappa shape index (κ1) is 21.3. The first-order valence-electron chi connectivity index (χ1n) is 10.7. The fraction of sp³-hybridized carbons (Fsp3) is 0.682. The normalized spacial score (nSPS) is 24.7. The summed E-state index contributed by atoms with van der Waals surface area (Å²) in [5, 5.41) is 0. The molecule has 2 unspecified atom stereocenters. The van der Waals surface area contributed by atoms with Gasteiger partial charge in [0.25, 0.3) is 0 Å². The van der Waals surface area contributed by atoms with Gasteiger partial charge in [-0.15, -0.1) is 0 Å². The number of piperidine rings is 1. The van der Waals surface area contributed by atoms with Crippen LogP contribution in [0, 0.1) is 11.8 Å². The van der Waals surface area contributed by atoms with Crippen LogP contribution in [-0.4, -0.2) is 49.7 Å². The van der Waals surface area contributed by atoms with Crippen LogP contribution >= 0.6 is 0 Å². The summed E-state index contributed by atoms with van der Waals surface area (Å²) in [6.07, 6.45) is 6.41. The van der Waals surface area contributed by atoms with Gasteiger partial charge in [0.1, 0.15) is 0 Å². The summed E-state index contributed by atoms with van der Waals surface area (Å²) in [6, 6.07) is 7.12. The number of carbonyl (C=O) groups excluding carboxylic acids is 1. The zero-order chi connectivity index (χ0) is 20.1. The largest absolute Gasteiger partial charge is 0.342 e. The number of sulfonamides is 1. The number of hydrogen-bond acceptors (Lipinski definition) is 3. The molecule has 5 nitrogen and oxygen atoms in total. The third kappa shape index (κ3) is 5.35. The van der Waals surface area contributed by atoms with E-state index in [1.54, 1.807) is 16.4 Å². The van der Waals surface area contributed by atoms with Crippen molar-refractivity contribution in [3.05, 3.63) is 29.8 Å². The molecule has 0 spiro atoms. The average molecular weight is 407 g/mol. The molecule has 28 heavy (non-hydrogen) atoms. The van der Waals surface area contributed by atoms with E-state index in [-0.39, 0.29) is 5.91 Å². The quantitative estimate of drug-likeness (QED) is 0.749. The Hall–Kier alpha value is -1.40. The molecule has 2 aliphatic heterocycles. The first-order valence-corrected chi connectivity index (χ1v) is 12.2. The topological polar surface area (TPSA) is 57.7 Å². The highest BCUT2D eigenvalue weighted by atomic mass is 32.2. The Bertz CT molecular complexity index is 742. The number of hydrogen-bond donors (Lipinski definition) is 0. The van der Waals surface area contributed by atoms with Gasteiger partial charge in [-0.1, -0.05) is 38.8 Å². The third-order valence-corrected chi connectivity index (χ3v) is 7.89. The second-order valence-corrected chi connectivity index (χ2v) is 10.6. The predicted molar refractivity (Wildman–Crippen MR) is 112 cm³/mol. The molecular formula is C22H34N2O3S. The Morgan fingerprint density at radius 2 is 1.54 bits per heavy atom. The zero-order valence-corrected chi connectivity index (χ0v) is 18.1. The third-order valence-electron chi connectivity index (χ3n) is 5.98. The molecule has 1 aromatic carbocycles. The van der Waals surface area contributed by atoms with E-state index in [0.29, 0.717) is 42.7 Å². The maximum atomic E-state index is 12.9. The van der Waals surface area contributed by atoms with Gasteiger partial charge >= 0.3 is 0 Å². The molecule has 2 saturated heterocycles. The SMILES string of the molecule is CC1CC(C)CN(C(=O)CCc2ccc(S(=O)(=O)N3CCCCCC3)cc2)C1. The number of rotatable bonds is 5. The van der Waals surface area contributed by atoms with Crippen molar-refractivity contribution < 1.29 is 13.2 Å². The van der Waals surface area contributed by atoms with E-state index in [9.17, 15) is 13.2 Å². The van der Waals surface area contributed by atoms with Gasteiger partial charge in [0.2, 0.25) is 15.9 Å². The molecule has 1 aromatic rings. The molecule has 0 saturated carbocycles. The molecule has 6 heteroatoms. The summed E-state index contributed by atoms with van der Waals surface area (Å²) < 4.78 is 27.3. The number of aryl methyl sites for hydroxylation is 1. The van der Waals surface area contributed by atoms with Crippen LogP contribution in [0.1, 0.15) is 57.9 Å². The van der Waals surface area contributed by atoms with Crippen LogP contribution in [0.4, 0.5) is 0 Å². The summed E-state index contributed by atoms with van der Waals surface area (Å²) in [5.41, 5.74) is 1.02. The Morgan fingerprint density at radius 1 is 0.964 bits per heavy atom. The van der Waals surface area contributed by atoms with Crippen molar-refractivity contribution in [3.8, 4) is 0 Å². The van der Waals surface area contributed by atoms with Gasteiger partial charge < -0.3 is 4.90 Å². The highest BCUT2D eigenvalue weighted by Crippen LogP contribution is 2.23. The minimum Gasteiger partial charge on any atom is -0.342 e. The summed E-state index contributed by atoms with van der Waals surface area (Å²) in [7, 11) is -3.40. The van der Waals surface area contributed by atoms with Crippen molar-refractivity contribution in [2.24, 2.45) is 11.8 Å². The Balaban J connectivity index is 1.57. The van der Waals surface area contributed by atoms with Crippen molar-refractivity contribution in [2.75, 3.05) is 26.2 Å². The number of nitrogens with zero attached hydrogens (tertiary/aromatic N) is 2. The second-order valence-electron chi connectivity index (χ2n) is 8.71. The van der Waals surface area contributed by atoms with Crippen LogP contribution < -0.4 is 0 Å². The van der Waals surface area contributed by atoms with E-state index < -0.39 is 10.0 Å². The van der Waals surface area contributed by atoms with Gasteiger partial charge in [-0.3, -0.25) is 4.79 Å². The molecule has 2 fully saturated rings. The van der Waals surface area contributed by atoms with Gasteiger partial charge in [-0.2, -0.15) is 4.31 Å². The van der Waals surface area contributed by atoms with E-state index in [1.165, 1.54) is 6.42 Å². The maximum Gasteiger partial charge on any atom is 0.243 e. The van der Waals surface area contributed by atoms with Crippen molar-refractivity contribution in [2.45, 2.75) is 63.7 Å². The maximum absolute atomic E-state index is 12.9. The van der Waals surface area contributed by atoms with Crippen LogP contribution in [-0.2, 0) is 21.2 Å². The lowest BCUT2D eigenvalue weighted by molar-refractivity contribution is -0.133. The number of carbonyl (C=O) groups is 1. The summed E-state index contributed by atoms with van der Waals surface area (Å²) in [6.45, 7) is 7.36. The second kappa shape index (κ2) is 9.40. The van der Waals surface area contributed by atoms with Crippen molar-refractivity contribution in [1.82, 2.24) is 9.21 Å². The molecule has 3 rings (SSSR count). The van der Waals surface area contributed by atoms with E-state index in [2.05, 4.69) is 13.8 Å². The van der Waals surface area contributed by atoms with E-state index in [4.69, 9.17) is 0 Å². The highest BCUT2D eigenvalue weighted by Gasteiger charge is 2.26. The molecule has 0 radical (unpaired) electrons. The molecule has 0 aromatic heterocycles. The molecule has 2 aliphatic rings. The lowest BCUT2D eigenvalue weighted by Crippen LogP contribution is -2.42. The van der Waals surface area contributed by atoms with E-state index >= 15 is 0 Å². The smallest absolute Gasteiger partial charge is 0.243 e. The molecule has 0 bridgehead atoms. The molecule has 156 valence electrons. The molecule has 2 atom stereocenters. The van der Waals surface area contributed by atoms with Crippen LogP contribution in [0.15, 0.2) is 29.2 Å². The average Bonchev–Trinajstić information content (AvgIpc) is 2.96. The Kier molecular flexibility index (Phi) is 7.15. The first-order chi connectivity index (χ1) is 13.4. The van der Waals surface area contributed by atoms with Crippen LogP contribution in [0.3, 0.4) is 0 Å². The number of amides is 1. The summed E-state index contributed by atoms with van der Waals surface area (Å²) in [5.74, 6) is 1.34. The van der Waals surface area contributed by atoms with Gasteiger partial charge in [0, 0.05) is 32.6 Å². The molecular weight excluding hydrogens is 372 g/mol. The van der Waals surface area contributed by atoms with Gasteiger partial charge in [-0.25, -0.2) is 8.42 Å². The zero-order valence-electron chi connectivity index (χ0n) is 17.3. The van der Waals surface area contributed by atoms with Crippen LogP contribution in [0.5, 0.6) is 0 Å². The van der Waals surface area contributed by atoms with Crippen molar-refractivity contribution in [1.29, 1.82) is 0 Å². The minimum absolute atomic E-state index is 0.208. The van der Waals surface area contributed by atoms with E-state index in [0.717, 1.165) is 44.3 Å². The van der Waals surface area contributed by atoms with Gasteiger partial charge in [-0.05, 0) is 55.2 Å². The highest BCUT2D eigenvalue weighted by molar-refractivity contribution is 7.89. The Morgan fingerprint density at radius 3 is 2.11 bits per heavy atom. The predicted octanol–water partition coefficient (Wildman–Crippen LogP) is 3.69. The monoisotopic (exact) mass is 406 g/mol. The minimum atomic E-state index is -3.40. The van der Waals surface area contributed by atoms with Gasteiger partial charge in [0.15, 0.2) is 0 Å². The van der Waals surface area contributed by atoms with Crippen molar-refractivity contribution in [3.63, 3.8) is 0 Å². The van der Waals surface area contributed by atoms with E-state index in [1.807, 2.05) is 17.0 Å². The molecule has 0 aliphatic carbocycles. The lowest BCUT2D eigenvalue weighted by atomic mass is 9.91. The lowest BCUT2D eigenvalue weighted by Gasteiger charge is -2.35. The summed E-state index contributed by atoms with van der Waals surface area (Å²) >= 11 is 0. The molecule has 1 amide bonds. The van der Waals surface area contributed by atoms with Crippen LogP contribution in [0.2, 0.25) is 0 Å². The molecule has 0 N–H and O–H groups in total. The molecule has 2 heterocycles. The fourth-order valence-electron chi connectivity index (χ4n) is 4.54. The Labute approximate surface area is 170 Å². The van der Waals surface area contributed by atoms with Gasteiger partial charge in [0.05, 0.1) is 4.90 Å². The standard InChI is InChI=1S/C22H34N2O3S/c1-18-15-19(2)17-23(16-18)22(25)12-9-20-7-10-21(11-8-20)28(26,27)24-13-5-3-4-6-14-24/h7-8,10-11,18-19H,3-6,9,12-17H2,1-2H3. The number of likely N-dealkylation sites (tertiary alicyclic amines) is 1. The van der Waals surface area contributed by atoms with Crippen molar-refractivity contribution >= 4 is 15.9 Å². The fourth-order valence-corrected chi connectivity index (χ4v) is 6.05. The van der Waals surface area contributed by atoms with Crippen LogP contribution in [0.25, 0.3) is 0 Å². The number of benzene rings is 1.